The van der Waals surface area contributed by atoms with E-state index in [0.29, 0.717) is 12.8 Å². The molecule has 0 saturated heterocycles. The first-order chi connectivity index (χ1) is 9.13. The molecule has 3 rings (SSSR count). The summed E-state index contributed by atoms with van der Waals surface area (Å²) in [5.74, 6) is -0.759. The van der Waals surface area contributed by atoms with Crippen LogP contribution in [0.25, 0.3) is 5.69 Å². The highest BCUT2D eigenvalue weighted by molar-refractivity contribution is 5.82. The molecule has 1 aliphatic carbocycles. The predicted molar refractivity (Wildman–Crippen MR) is 69.6 cm³/mol. The van der Waals surface area contributed by atoms with Crippen LogP contribution in [0.15, 0.2) is 41.5 Å². The largest absolute Gasteiger partial charge is 0.481 e. The van der Waals surface area contributed by atoms with E-state index in [1.54, 1.807) is 24.5 Å². The van der Waals surface area contributed by atoms with Crippen LogP contribution in [0.3, 0.4) is 0 Å². The summed E-state index contributed by atoms with van der Waals surface area (Å²) in [7, 11) is 0. The third kappa shape index (κ3) is 1.69. The van der Waals surface area contributed by atoms with Crippen molar-refractivity contribution in [3.63, 3.8) is 0 Å². The second-order valence-corrected chi connectivity index (χ2v) is 4.92. The van der Waals surface area contributed by atoms with Crippen molar-refractivity contribution in [1.82, 2.24) is 9.55 Å². The molecule has 0 spiro atoms. The Hall–Kier alpha value is -2.30. The van der Waals surface area contributed by atoms with Gasteiger partial charge in [0.1, 0.15) is 0 Å². The number of hydrogen-bond donors (Lipinski definition) is 2. The molecule has 2 N–H and O–H groups in total. The Bertz CT molecular complexity index is 662. The van der Waals surface area contributed by atoms with Crippen molar-refractivity contribution in [2.45, 2.75) is 24.7 Å². The van der Waals surface area contributed by atoms with Crippen molar-refractivity contribution in [3.8, 4) is 5.69 Å². The van der Waals surface area contributed by atoms with Crippen LogP contribution in [0.4, 0.5) is 0 Å². The number of nitrogens with zero attached hydrogens (tertiary/aromatic N) is 1. The Kier molecular flexibility index (Phi) is 2.55. The number of benzene rings is 1. The van der Waals surface area contributed by atoms with Gasteiger partial charge < -0.3 is 10.1 Å². The first-order valence-electron chi connectivity index (χ1n) is 6.24. The van der Waals surface area contributed by atoms with Gasteiger partial charge in [0.25, 0.3) is 0 Å². The van der Waals surface area contributed by atoms with Crippen LogP contribution in [0.1, 0.15) is 24.8 Å². The molecular weight excluding hydrogens is 244 g/mol. The van der Waals surface area contributed by atoms with Gasteiger partial charge in [0.15, 0.2) is 0 Å². The summed E-state index contributed by atoms with van der Waals surface area (Å²) in [5.41, 5.74) is 0.625. The molecule has 0 unspecified atom stereocenters. The normalized spacial score (nSPS) is 16.8. The Morgan fingerprint density at radius 1 is 1.26 bits per heavy atom. The SMILES string of the molecule is O=C(O)C1(c2ccc(-n3cc[nH]c3=O)cc2)CCC1. The molecule has 1 aromatic heterocycles. The summed E-state index contributed by atoms with van der Waals surface area (Å²) < 4.78 is 1.48. The van der Waals surface area contributed by atoms with Crippen LogP contribution in [0.5, 0.6) is 0 Å². The van der Waals surface area contributed by atoms with Gasteiger partial charge in [-0.2, -0.15) is 0 Å². The number of aliphatic carboxylic acids is 1. The number of nitrogens with one attached hydrogen (secondary N) is 1. The number of H-pyrrole nitrogens is 1. The average Bonchev–Trinajstić information content (AvgIpc) is 2.74. The van der Waals surface area contributed by atoms with Crippen molar-refractivity contribution in [3.05, 3.63) is 52.7 Å². The number of carbonyl (C=O) groups is 1. The fourth-order valence-electron chi connectivity index (χ4n) is 2.62. The third-order valence-electron chi connectivity index (χ3n) is 3.96. The topological polar surface area (TPSA) is 75.1 Å². The molecule has 98 valence electrons. The Labute approximate surface area is 109 Å². The number of hydrogen-bond acceptors (Lipinski definition) is 2. The minimum Gasteiger partial charge on any atom is -0.481 e. The van der Waals surface area contributed by atoms with Crippen molar-refractivity contribution in [2.75, 3.05) is 0 Å². The Morgan fingerprint density at radius 3 is 2.37 bits per heavy atom. The lowest BCUT2D eigenvalue weighted by Gasteiger charge is -2.38. The monoisotopic (exact) mass is 258 g/mol. The summed E-state index contributed by atoms with van der Waals surface area (Å²) in [6, 6.07) is 7.19. The van der Waals surface area contributed by atoms with Gasteiger partial charge in [-0.3, -0.25) is 9.36 Å². The zero-order valence-corrected chi connectivity index (χ0v) is 10.3. The molecule has 1 fully saturated rings. The summed E-state index contributed by atoms with van der Waals surface area (Å²) in [5, 5.41) is 9.37. The maximum atomic E-state index is 11.5. The third-order valence-corrected chi connectivity index (χ3v) is 3.96. The van der Waals surface area contributed by atoms with E-state index in [1.807, 2.05) is 12.1 Å². The fraction of sp³-hybridized carbons (Fsp3) is 0.286. The molecule has 5 heteroatoms. The molecule has 19 heavy (non-hydrogen) atoms. The minimum atomic E-state index is -0.759. The molecule has 0 radical (unpaired) electrons. The number of carboxylic acids is 1. The summed E-state index contributed by atoms with van der Waals surface area (Å²) in [6.45, 7) is 0. The molecule has 0 bridgehead atoms. The highest BCUT2D eigenvalue weighted by Crippen LogP contribution is 2.44. The Balaban J connectivity index is 1.98. The zero-order valence-electron chi connectivity index (χ0n) is 10.3. The highest BCUT2D eigenvalue weighted by atomic mass is 16.4. The summed E-state index contributed by atoms with van der Waals surface area (Å²) in [4.78, 5) is 25.5. The molecular formula is C14H14N2O3. The van der Waals surface area contributed by atoms with Crippen LogP contribution in [0, 0.1) is 0 Å². The van der Waals surface area contributed by atoms with Gasteiger partial charge in [-0.15, -0.1) is 0 Å². The van der Waals surface area contributed by atoms with Crippen LogP contribution in [0.2, 0.25) is 0 Å². The number of carboxylic acid groups (broad SMARTS) is 1. The van der Waals surface area contributed by atoms with Gasteiger partial charge in [0.05, 0.1) is 11.1 Å². The first-order valence-corrected chi connectivity index (χ1v) is 6.24. The summed E-state index contributed by atoms with van der Waals surface area (Å²) >= 11 is 0. The average molecular weight is 258 g/mol. The van der Waals surface area contributed by atoms with Crippen LogP contribution in [-0.2, 0) is 10.2 Å². The number of aromatic amines is 1. The molecule has 1 saturated carbocycles. The quantitative estimate of drug-likeness (QED) is 0.879. The molecule has 0 amide bonds. The maximum Gasteiger partial charge on any atom is 0.330 e. The molecule has 0 atom stereocenters. The van der Waals surface area contributed by atoms with E-state index < -0.39 is 11.4 Å². The van der Waals surface area contributed by atoms with Crippen molar-refractivity contribution >= 4 is 5.97 Å². The van der Waals surface area contributed by atoms with Gasteiger partial charge in [0.2, 0.25) is 0 Å². The smallest absolute Gasteiger partial charge is 0.330 e. The number of imidazole rings is 1. The van der Waals surface area contributed by atoms with Gasteiger partial charge in [-0.05, 0) is 30.5 Å². The molecule has 1 heterocycles. The van der Waals surface area contributed by atoms with E-state index in [4.69, 9.17) is 0 Å². The van der Waals surface area contributed by atoms with Crippen molar-refractivity contribution in [1.29, 1.82) is 0 Å². The number of rotatable bonds is 3. The standard InChI is InChI=1S/C14H14N2O3/c17-12(18)14(6-1-7-14)10-2-4-11(5-3-10)16-9-8-15-13(16)19/h2-5,8-9H,1,6-7H2,(H,15,19)(H,17,18). The predicted octanol–water partition coefficient (Wildman–Crippen LogP) is 1.67. The fourth-order valence-corrected chi connectivity index (χ4v) is 2.62. The van der Waals surface area contributed by atoms with E-state index >= 15 is 0 Å². The van der Waals surface area contributed by atoms with E-state index in [1.165, 1.54) is 4.57 Å². The molecule has 1 aliphatic rings. The minimum absolute atomic E-state index is 0.204. The second kappa shape index (κ2) is 4.12. The zero-order chi connectivity index (χ0) is 13.5. The van der Waals surface area contributed by atoms with E-state index in [9.17, 15) is 14.7 Å². The molecule has 2 aromatic rings. The van der Waals surface area contributed by atoms with Crippen molar-refractivity contribution in [2.24, 2.45) is 0 Å². The highest BCUT2D eigenvalue weighted by Gasteiger charge is 2.45. The summed E-state index contributed by atoms with van der Waals surface area (Å²) in [6.07, 6.45) is 5.54. The lowest BCUT2D eigenvalue weighted by molar-refractivity contribution is -0.147. The Morgan fingerprint density at radius 2 is 1.95 bits per heavy atom. The lowest BCUT2D eigenvalue weighted by atomic mass is 9.64. The van der Waals surface area contributed by atoms with E-state index in [0.717, 1.165) is 17.7 Å². The molecule has 5 nitrogen and oxygen atoms in total. The van der Waals surface area contributed by atoms with Crippen LogP contribution in [-0.4, -0.2) is 20.6 Å². The van der Waals surface area contributed by atoms with Gasteiger partial charge >= 0.3 is 11.7 Å². The second-order valence-electron chi connectivity index (χ2n) is 4.92. The number of aromatic nitrogens is 2. The van der Waals surface area contributed by atoms with Crippen LogP contribution < -0.4 is 5.69 Å². The first kappa shape index (κ1) is 11.8. The van der Waals surface area contributed by atoms with E-state index in [-0.39, 0.29) is 5.69 Å². The lowest BCUT2D eigenvalue weighted by Crippen LogP contribution is -2.42. The molecule has 0 aliphatic heterocycles. The van der Waals surface area contributed by atoms with Gasteiger partial charge in [-0.25, -0.2) is 4.79 Å². The van der Waals surface area contributed by atoms with Gasteiger partial charge in [0, 0.05) is 12.4 Å². The maximum absolute atomic E-state index is 11.5. The van der Waals surface area contributed by atoms with Crippen LogP contribution >= 0.6 is 0 Å². The van der Waals surface area contributed by atoms with Gasteiger partial charge in [-0.1, -0.05) is 18.6 Å². The molecule has 1 aromatic carbocycles. The van der Waals surface area contributed by atoms with E-state index in [2.05, 4.69) is 4.98 Å². The van der Waals surface area contributed by atoms with Crippen molar-refractivity contribution < 1.29 is 9.90 Å².